The van der Waals surface area contributed by atoms with E-state index in [9.17, 15) is 4.79 Å². The second-order valence-electron chi connectivity index (χ2n) is 3.14. The van der Waals surface area contributed by atoms with Crippen LogP contribution in [0.4, 0.5) is 11.4 Å². The number of anilines is 2. The van der Waals surface area contributed by atoms with Crippen molar-refractivity contribution in [3.63, 3.8) is 0 Å². The van der Waals surface area contributed by atoms with Crippen LogP contribution in [0.15, 0.2) is 18.2 Å². The minimum atomic E-state index is -0.800. The van der Waals surface area contributed by atoms with Crippen molar-refractivity contribution in [3.8, 4) is 0 Å². The van der Waals surface area contributed by atoms with E-state index in [-0.39, 0.29) is 6.42 Å². The Hall–Kier alpha value is -1.71. The smallest absolute Gasteiger partial charge is 0.305 e. The Balaban J connectivity index is 2.55. The van der Waals surface area contributed by atoms with E-state index < -0.39 is 5.97 Å². The van der Waals surface area contributed by atoms with Gasteiger partial charge < -0.3 is 16.2 Å². The van der Waals surface area contributed by atoms with Crippen LogP contribution in [0.1, 0.15) is 12.0 Å². The highest BCUT2D eigenvalue weighted by atomic mass is 16.4. The molecular formula is C10H14N2O2. The number of nitrogens with one attached hydrogen (secondary N) is 1. The van der Waals surface area contributed by atoms with E-state index in [2.05, 4.69) is 5.32 Å². The Kier molecular flexibility index (Phi) is 3.34. The number of benzene rings is 1. The van der Waals surface area contributed by atoms with Gasteiger partial charge in [-0.3, -0.25) is 4.79 Å². The summed E-state index contributed by atoms with van der Waals surface area (Å²) in [6.07, 6.45) is 0.115. The summed E-state index contributed by atoms with van der Waals surface area (Å²) in [5.41, 5.74) is 8.25. The number of nitrogen functional groups attached to an aromatic ring is 1. The number of aliphatic carboxylic acids is 1. The van der Waals surface area contributed by atoms with E-state index in [0.29, 0.717) is 12.2 Å². The maximum Gasteiger partial charge on any atom is 0.305 e. The summed E-state index contributed by atoms with van der Waals surface area (Å²) in [7, 11) is 0. The first-order valence-corrected chi connectivity index (χ1v) is 4.41. The van der Waals surface area contributed by atoms with Crippen LogP contribution in [0, 0.1) is 6.92 Å². The van der Waals surface area contributed by atoms with Crippen molar-refractivity contribution in [1.29, 1.82) is 0 Å². The molecule has 0 aliphatic rings. The minimum Gasteiger partial charge on any atom is -0.481 e. The average Bonchev–Trinajstić information content (AvgIpc) is 2.08. The topological polar surface area (TPSA) is 75.3 Å². The zero-order valence-electron chi connectivity index (χ0n) is 8.08. The molecular weight excluding hydrogens is 180 g/mol. The third kappa shape index (κ3) is 2.97. The number of carboxylic acids is 1. The number of rotatable bonds is 4. The van der Waals surface area contributed by atoms with Gasteiger partial charge in [0.2, 0.25) is 0 Å². The van der Waals surface area contributed by atoms with E-state index in [1.165, 1.54) is 0 Å². The lowest BCUT2D eigenvalue weighted by Gasteiger charge is -2.08. The minimum absolute atomic E-state index is 0.115. The van der Waals surface area contributed by atoms with E-state index in [0.717, 1.165) is 11.3 Å². The summed E-state index contributed by atoms with van der Waals surface area (Å²) in [6.45, 7) is 2.36. The maximum absolute atomic E-state index is 10.3. The fourth-order valence-corrected chi connectivity index (χ4v) is 1.19. The summed E-state index contributed by atoms with van der Waals surface area (Å²) in [6, 6.07) is 5.49. The van der Waals surface area contributed by atoms with Gasteiger partial charge in [0.05, 0.1) is 6.42 Å². The monoisotopic (exact) mass is 194 g/mol. The van der Waals surface area contributed by atoms with Crippen LogP contribution in [0.25, 0.3) is 0 Å². The van der Waals surface area contributed by atoms with Gasteiger partial charge in [-0.25, -0.2) is 0 Å². The van der Waals surface area contributed by atoms with Gasteiger partial charge in [0, 0.05) is 17.9 Å². The van der Waals surface area contributed by atoms with Crippen molar-refractivity contribution < 1.29 is 9.90 Å². The van der Waals surface area contributed by atoms with Crippen LogP contribution in [-0.2, 0) is 4.79 Å². The lowest BCUT2D eigenvalue weighted by Crippen LogP contribution is -2.08. The van der Waals surface area contributed by atoms with Gasteiger partial charge in [0.15, 0.2) is 0 Å². The van der Waals surface area contributed by atoms with Gasteiger partial charge in [-0.1, -0.05) is 0 Å². The van der Waals surface area contributed by atoms with Crippen molar-refractivity contribution >= 4 is 17.3 Å². The Morgan fingerprint density at radius 3 is 2.86 bits per heavy atom. The number of carboxylic acid groups (broad SMARTS) is 1. The van der Waals surface area contributed by atoms with Gasteiger partial charge in [-0.2, -0.15) is 0 Å². The first kappa shape index (κ1) is 10.4. The third-order valence-corrected chi connectivity index (χ3v) is 1.90. The summed E-state index contributed by atoms with van der Waals surface area (Å²) in [4.78, 5) is 10.3. The van der Waals surface area contributed by atoms with Gasteiger partial charge in [-0.15, -0.1) is 0 Å². The van der Waals surface area contributed by atoms with E-state index in [1.54, 1.807) is 6.07 Å². The van der Waals surface area contributed by atoms with E-state index in [1.807, 2.05) is 19.1 Å². The zero-order chi connectivity index (χ0) is 10.6. The quantitative estimate of drug-likeness (QED) is 0.634. The lowest BCUT2D eigenvalue weighted by molar-refractivity contribution is -0.136. The van der Waals surface area contributed by atoms with E-state index >= 15 is 0 Å². The normalized spacial score (nSPS) is 9.79. The number of aryl methyl sites for hydroxylation is 1. The highest BCUT2D eigenvalue weighted by Crippen LogP contribution is 2.17. The molecule has 0 aromatic heterocycles. The molecule has 76 valence electrons. The lowest BCUT2D eigenvalue weighted by atomic mass is 10.2. The molecule has 0 amide bonds. The fourth-order valence-electron chi connectivity index (χ4n) is 1.19. The summed E-state index contributed by atoms with van der Waals surface area (Å²) >= 11 is 0. The largest absolute Gasteiger partial charge is 0.481 e. The molecule has 0 atom stereocenters. The molecule has 0 aliphatic heterocycles. The van der Waals surface area contributed by atoms with Crippen molar-refractivity contribution in [3.05, 3.63) is 23.8 Å². The summed E-state index contributed by atoms with van der Waals surface area (Å²) < 4.78 is 0. The Morgan fingerprint density at radius 1 is 1.57 bits per heavy atom. The highest BCUT2D eigenvalue weighted by molar-refractivity contribution is 5.67. The van der Waals surface area contributed by atoms with Crippen LogP contribution in [0.5, 0.6) is 0 Å². The van der Waals surface area contributed by atoms with Gasteiger partial charge >= 0.3 is 5.97 Å². The van der Waals surface area contributed by atoms with E-state index in [4.69, 9.17) is 10.8 Å². The van der Waals surface area contributed by atoms with Crippen LogP contribution < -0.4 is 11.1 Å². The Morgan fingerprint density at radius 2 is 2.29 bits per heavy atom. The zero-order valence-corrected chi connectivity index (χ0v) is 8.08. The van der Waals surface area contributed by atoms with Crippen molar-refractivity contribution in [2.24, 2.45) is 0 Å². The predicted molar refractivity (Wildman–Crippen MR) is 56.3 cm³/mol. The second-order valence-corrected chi connectivity index (χ2v) is 3.14. The molecule has 0 bridgehead atoms. The molecule has 0 unspecified atom stereocenters. The standard InChI is InChI=1S/C10H14N2O2/c1-7-6-8(11)2-3-9(7)12-5-4-10(13)14/h2-3,6,12H,4-5,11H2,1H3,(H,13,14). The maximum atomic E-state index is 10.3. The molecule has 0 radical (unpaired) electrons. The third-order valence-electron chi connectivity index (χ3n) is 1.90. The first-order valence-electron chi connectivity index (χ1n) is 4.41. The average molecular weight is 194 g/mol. The molecule has 0 heterocycles. The molecule has 0 fully saturated rings. The molecule has 1 aromatic rings. The number of nitrogens with two attached hydrogens (primary N) is 1. The highest BCUT2D eigenvalue weighted by Gasteiger charge is 1.99. The molecule has 1 aromatic carbocycles. The molecule has 4 heteroatoms. The van der Waals surface area contributed by atoms with Crippen molar-refractivity contribution in [1.82, 2.24) is 0 Å². The predicted octanol–water partition coefficient (Wildman–Crippen LogP) is 1.46. The van der Waals surface area contributed by atoms with Gasteiger partial charge in [0.1, 0.15) is 0 Å². The number of carbonyl (C=O) groups is 1. The van der Waals surface area contributed by atoms with Gasteiger partial charge in [0.25, 0.3) is 0 Å². The van der Waals surface area contributed by atoms with Crippen LogP contribution >= 0.6 is 0 Å². The molecule has 0 saturated heterocycles. The molecule has 0 aliphatic carbocycles. The Labute approximate surface area is 82.7 Å². The number of hydrogen-bond donors (Lipinski definition) is 3. The molecule has 0 saturated carbocycles. The Bertz CT molecular complexity index is 337. The second kappa shape index (κ2) is 4.50. The molecule has 4 nitrogen and oxygen atoms in total. The summed E-state index contributed by atoms with van der Waals surface area (Å²) in [5, 5.41) is 11.5. The number of hydrogen-bond acceptors (Lipinski definition) is 3. The fraction of sp³-hybridized carbons (Fsp3) is 0.300. The molecule has 0 spiro atoms. The molecule has 4 N–H and O–H groups in total. The van der Waals surface area contributed by atoms with Crippen LogP contribution in [-0.4, -0.2) is 17.6 Å². The first-order chi connectivity index (χ1) is 6.59. The van der Waals surface area contributed by atoms with Crippen LogP contribution in [0.2, 0.25) is 0 Å². The molecule has 1 rings (SSSR count). The van der Waals surface area contributed by atoms with Gasteiger partial charge in [-0.05, 0) is 30.7 Å². The van der Waals surface area contributed by atoms with Crippen molar-refractivity contribution in [2.45, 2.75) is 13.3 Å². The van der Waals surface area contributed by atoms with Crippen LogP contribution in [0.3, 0.4) is 0 Å². The molecule has 14 heavy (non-hydrogen) atoms. The SMILES string of the molecule is Cc1cc(N)ccc1NCCC(=O)O. The summed E-state index contributed by atoms with van der Waals surface area (Å²) in [5.74, 6) is -0.800. The van der Waals surface area contributed by atoms with Crippen molar-refractivity contribution in [2.75, 3.05) is 17.6 Å².